The zero-order chi connectivity index (χ0) is 14.5. The fraction of sp³-hybridized carbons (Fsp3) is 0.125. The first-order chi connectivity index (χ1) is 10.3. The Balaban J connectivity index is 1.73. The Morgan fingerprint density at radius 3 is 2.71 bits per heavy atom. The highest BCUT2D eigenvalue weighted by Crippen LogP contribution is 2.20. The summed E-state index contributed by atoms with van der Waals surface area (Å²) in [5.41, 5.74) is 2.08. The standard InChI is InChI=1S/C16H13BrN2O2/c17-14-10-18-16(21-11-13-7-4-8-20-13)19-15(14)9-12-5-2-1-3-6-12/h1-8,10H,9,11H2. The van der Waals surface area contributed by atoms with Crippen molar-refractivity contribution in [3.8, 4) is 6.01 Å². The van der Waals surface area contributed by atoms with Gasteiger partial charge in [0.05, 0.1) is 16.4 Å². The Bertz CT molecular complexity index is 700. The van der Waals surface area contributed by atoms with Gasteiger partial charge in [0.15, 0.2) is 0 Å². The molecule has 0 amide bonds. The topological polar surface area (TPSA) is 48.2 Å². The summed E-state index contributed by atoms with van der Waals surface area (Å²) in [6.07, 6.45) is 4.05. The molecule has 3 rings (SSSR count). The van der Waals surface area contributed by atoms with Crippen LogP contribution < -0.4 is 4.74 Å². The molecular formula is C16H13BrN2O2. The number of hydrogen-bond acceptors (Lipinski definition) is 4. The first-order valence-electron chi connectivity index (χ1n) is 6.52. The van der Waals surface area contributed by atoms with E-state index in [2.05, 4.69) is 38.0 Å². The van der Waals surface area contributed by atoms with Crippen LogP contribution in [0.25, 0.3) is 0 Å². The van der Waals surface area contributed by atoms with Crippen molar-refractivity contribution in [3.05, 3.63) is 76.4 Å². The van der Waals surface area contributed by atoms with Crippen LogP contribution in [0.2, 0.25) is 0 Å². The molecule has 2 aromatic heterocycles. The maximum Gasteiger partial charge on any atom is 0.317 e. The SMILES string of the molecule is Brc1cnc(OCc2ccco2)nc1Cc1ccccc1. The van der Waals surface area contributed by atoms with Crippen LogP contribution in [0.3, 0.4) is 0 Å². The summed E-state index contributed by atoms with van der Waals surface area (Å²) in [5.74, 6) is 0.742. The number of benzene rings is 1. The number of furan rings is 1. The number of nitrogens with zero attached hydrogens (tertiary/aromatic N) is 2. The highest BCUT2D eigenvalue weighted by atomic mass is 79.9. The zero-order valence-electron chi connectivity index (χ0n) is 11.2. The molecule has 0 N–H and O–H groups in total. The van der Waals surface area contributed by atoms with Gasteiger partial charge < -0.3 is 9.15 Å². The van der Waals surface area contributed by atoms with Gasteiger partial charge in [-0.25, -0.2) is 4.98 Å². The van der Waals surface area contributed by atoms with E-state index in [1.165, 1.54) is 5.56 Å². The molecule has 0 bridgehead atoms. The lowest BCUT2D eigenvalue weighted by molar-refractivity contribution is 0.249. The van der Waals surface area contributed by atoms with Crippen molar-refractivity contribution in [1.82, 2.24) is 9.97 Å². The van der Waals surface area contributed by atoms with Gasteiger partial charge in [-0.15, -0.1) is 0 Å². The van der Waals surface area contributed by atoms with Crippen LogP contribution in [0.5, 0.6) is 6.01 Å². The summed E-state index contributed by atoms with van der Waals surface area (Å²) in [6.45, 7) is 0.319. The molecule has 0 saturated carbocycles. The lowest BCUT2D eigenvalue weighted by atomic mass is 10.1. The highest BCUT2D eigenvalue weighted by molar-refractivity contribution is 9.10. The van der Waals surface area contributed by atoms with Crippen molar-refractivity contribution in [2.75, 3.05) is 0 Å². The molecule has 2 heterocycles. The molecule has 0 aliphatic heterocycles. The Kier molecular flexibility index (Phi) is 4.31. The summed E-state index contributed by atoms with van der Waals surface area (Å²) < 4.78 is 11.6. The first kappa shape index (κ1) is 13.8. The predicted octanol–water partition coefficient (Wildman–Crippen LogP) is 4.00. The molecule has 5 heteroatoms. The van der Waals surface area contributed by atoms with Gasteiger partial charge in [0, 0.05) is 12.6 Å². The van der Waals surface area contributed by atoms with E-state index in [-0.39, 0.29) is 0 Å². The Morgan fingerprint density at radius 2 is 1.95 bits per heavy atom. The first-order valence-corrected chi connectivity index (χ1v) is 7.31. The molecule has 0 radical (unpaired) electrons. The summed E-state index contributed by atoms with van der Waals surface area (Å²) >= 11 is 3.48. The average Bonchev–Trinajstić information content (AvgIpc) is 3.02. The summed E-state index contributed by atoms with van der Waals surface area (Å²) in [7, 11) is 0. The smallest absolute Gasteiger partial charge is 0.317 e. The van der Waals surface area contributed by atoms with Crippen LogP contribution in [-0.4, -0.2) is 9.97 Å². The largest absolute Gasteiger partial charge is 0.466 e. The number of ether oxygens (including phenoxy) is 1. The fourth-order valence-electron chi connectivity index (χ4n) is 1.90. The van der Waals surface area contributed by atoms with Gasteiger partial charge in [-0.2, -0.15) is 4.98 Å². The lowest BCUT2D eigenvalue weighted by Gasteiger charge is -2.07. The third kappa shape index (κ3) is 3.70. The molecule has 0 aliphatic rings. The normalized spacial score (nSPS) is 10.5. The summed E-state index contributed by atoms with van der Waals surface area (Å²) in [4.78, 5) is 8.60. The average molecular weight is 345 g/mol. The van der Waals surface area contributed by atoms with Crippen LogP contribution >= 0.6 is 15.9 Å². The Morgan fingerprint density at radius 1 is 1.10 bits per heavy atom. The van der Waals surface area contributed by atoms with Crippen molar-refractivity contribution in [2.24, 2.45) is 0 Å². The molecule has 0 saturated heterocycles. The van der Waals surface area contributed by atoms with E-state index in [1.807, 2.05) is 30.3 Å². The molecule has 106 valence electrons. The summed E-state index contributed by atoms with van der Waals surface area (Å²) in [6, 6.07) is 14.2. The minimum absolute atomic E-state index is 0.319. The fourth-order valence-corrected chi connectivity index (χ4v) is 2.23. The zero-order valence-corrected chi connectivity index (χ0v) is 12.8. The van der Waals surface area contributed by atoms with Crippen molar-refractivity contribution in [2.45, 2.75) is 13.0 Å². The molecule has 0 atom stereocenters. The van der Waals surface area contributed by atoms with Crippen molar-refractivity contribution in [1.29, 1.82) is 0 Å². The summed E-state index contributed by atoms with van der Waals surface area (Å²) in [5, 5.41) is 0. The maximum atomic E-state index is 5.55. The second-order valence-corrected chi connectivity index (χ2v) is 5.33. The molecular weight excluding hydrogens is 332 g/mol. The van der Waals surface area contributed by atoms with E-state index in [4.69, 9.17) is 9.15 Å². The Hall–Kier alpha value is -2.14. The van der Waals surface area contributed by atoms with Crippen LogP contribution in [0.4, 0.5) is 0 Å². The highest BCUT2D eigenvalue weighted by Gasteiger charge is 2.08. The number of aromatic nitrogens is 2. The minimum Gasteiger partial charge on any atom is -0.466 e. The van der Waals surface area contributed by atoms with E-state index >= 15 is 0 Å². The third-order valence-corrected chi connectivity index (χ3v) is 3.60. The Labute approximate surface area is 130 Å². The minimum atomic E-state index is 0.319. The lowest BCUT2D eigenvalue weighted by Crippen LogP contribution is -2.02. The van der Waals surface area contributed by atoms with Gasteiger partial charge >= 0.3 is 6.01 Å². The van der Waals surface area contributed by atoms with Gasteiger partial charge in [-0.3, -0.25) is 0 Å². The molecule has 3 aromatic rings. The molecule has 0 fully saturated rings. The van der Waals surface area contributed by atoms with Crippen LogP contribution in [-0.2, 0) is 13.0 Å². The van der Waals surface area contributed by atoms with E-state index in [0.717, 1.165) is 22.3 Å². The molecule has 0 spiro atoms. The quantitative estimate of drug-likeness (QED) is 0.701. The monoisotopic (exact) mass is 344 g/mol. The van der Waals surface area contributed by atoms with Gasteiger partial charge in [0.2, 0.25) is 0 Å². The second-order valence-electron chi connectivity index (χ2n) is 4.48. The molecule has 21 heavy (non-hydrogen) atoms. The molecule has 1 aromatic carbocycles. The number of hydrogen-bond donors (Lipinski definition) is 0. The van der Waals surface area contributed by atoms with Crippen molar-refractivity contribution >= 4 is 15.9 Å². The van der Waals surface area contributed by atoms with Gasteiger partial charge in [-0.05, 0) is 33.6 Å². The van der Waals surface area contributed by atoms with Crippen LogP contribution in [0.15, 0.2) is 63.8 Å². The van der Waals surface area contributed by atoms with E-state index in [9.17, 15) is 0 Å². The third-order valence-electron chi connectivity index (χ3n) is 2.93. The number of halogens is 1. The molecule has 4 nitrogen and oxygen atoms in total. The second kappa shape index (κ2) is 6.54. The van der Waals surface area contributed by atoms with Crippen molar-refractivity contribution in [3.63, 3.8) is 0 Å². The van der Waals surface area contributed by atoms with Crippen LogP contribution in [0.1, 0.15) is 17.0 Å². The molecule has 0 unspecified atom stereocenters. The number of rotatable bonds is 5. The van der Waals surface area contributed by atoms with E-state index < -0.39 is 0 Å². The van der Waals surface area contributed by atoms with Gasteiger partial charge in [0.25, 0.3) is 0 Å². The van der Waals surface area contributed by atoms with E-state index in [0.29, 0.717) is 12.6 Å². The van der Waals surface area contributed by atoms with E-state index in [1.54, 1.807) is 12.5 Å². The maximum absolute atomic E-state index is 5.55. The van der Waals surface area contributed by atoms with Crippen LogP contribution in [0, 0.1) is 0 Å². The van der Waals surface area contributed by atoms with Gasteiger partial charge in [0.1, 0.15) is 12.4 Å². The van der Waals surface area contributed by atoms with Crippen molar-refractivity contribution < 1.29 is 9.15 Å². The predicted molar refractivity (Wildman–Crippen MR) is 82.0 cm³/mol. The van der Waals surface area contributed by atoms with Gasteiger partial charge in [-0.1, -0.05) is 30.3 Å². The molecule has 0 aliphatic carbocycles.